The molecule has 7 nitrogen and oxygen atoms in total. The number of para-hydroxylation sites is 1. The van der Waals surface area contributed by atoms with E-state index in [2.05, 4.69) is 31.2 Å². The van der Waals surface area contributed by atoms with E-state index in [1.807, 2.05) is 0 Å². The number of aromatic amines is 1. The van der Waals surface area contributed by atoms with Gasteiger partial charge in [0.1, 0.15) is 0 Å². The number of benzene rings is 1. The van der Waals surface area contributed by atoms with Crippen LogP contribution in [0, 0.1) is 0 Å². The molecule has 1 aromatic heterocycles. The Morgan fingerprint density at radius 2 is 2.27 bits per heavy atom. The lowest BCUT2D eigenvalue weighted by atomic mass is 10.2. The Kier molecular flexibility index (Phi) is 2.54. The van der Waals surface area contributed by atoms with Gasteiger partial charge in [-0.3, -0.25) is 0 Å². The zero-order valence-corrected chi connectivity index (χ0v) is 7.58. The van der Waals surface area contributed by atoms with Crippen molar-refractivity contribution in [1.82, 2.24) is 20.6 Å². The van der Waals surface area contributed by atoms with E-state index < -0.39 is 0 Å². The summed E-state index contributed by atoms with van der Waals surface area (Å²) in [4.78, 5) is 0. The summed E-state index contributed by atoms with van der Waals surface area (Å²) in [7, 11) is 0. The minimum atomic E-state index is -0.0869. The summed E-state index contributed by atoms with van der Waals surface area (Å²) >= 11 is 0. The molecule has 7 heteroatoms. The monoisotopic (exact) mass is 203 g/mol. The summed E-state index contributed by atoms with van der Waals surface area (Å²) in [5.41, 5.74) is 3.01. The van der Waals surface area contributed by atoms with E-state index in [9.17, 15) is 5.11 Å². The van der Waals surface area contributed by atoms with Gasteiger partial charge in [-0.2, -0.15) is 10.3 Å². The number of hydrogen-bond acceptors (Lipinski definition) is 6. The summed E-state index contributed by atoms with van der Waals surface area (Å²) in [6, 6.07) is 6.57. The van der Waals surface area contributed by atoms with Crippen molar-refractivity contribution in [3.63, 3.8) is 0 Å². The van der Waals surface area contributed by atoms with Gasteiger partial charge in [-0.15, -0.1) is 5.10 Å². The van der Waals surface area contributed by atoms with Crippen LogP contribution in [-0.2, 0) is 0 Å². The highest BCUT2D eigenvalue weighted by Gasteiger charge is 1.91. The minimum Gasteiger partial charge on any atom is -0.872 e. The van der Waals surface area contributed by atoms with Gasteiger partial charge in [0.05, 0.1) is 6.21 Å². The Hall–Kier alpha value is -2.44. The lowest BCUT2D eigenvalue weighted by molar-refractivity contribution is -0.268. The number of nitrogens with one attached hydrogen (secondary N) is 2. The number of hydrogen-bond donors (Lipinski definition) is 2. The van der Waals surface area contributed by atoms with Crippen molar-refractivity contribution in [2.75, 3.05) is 5.43 Å². The third-order valence-corrected chi connectivity index (χ3v) is 1.63. The van der Waals surface area contributed by atoms with Crippen molar-refractivity contribution in [3.8, 4) is 5.75 Å². The maximum Gasteiger partial charge on any atom is 0.283 e. The number of aromatic nitrogens is 4. The predicted molar refractivity (Wildman–Crippen MR) is 51.3 cm³/mol. The van der Waals surface area contributed by atoms with Crippen LogP contribution < -0.4 is 10.5 Å². The van der Waals surface area contributed by atoms with Gasteiger partial charge in [-0.05, 0) is 10.8 Å². The molecule has 76 valence electrons. The summed E-state index contributed by atoms with van der Waals surface area (Å²) in [6.07, 6.45) is 1.40. The molecule has 0 spiro atoms. The van der Waals surface area contributed by atoms with Crippen molar-refractivity contribution in [3.05, 3.63) is 29.8 Å². The molecule has 1 aromatic carbocycles. The highest BCUT2D eigenvalue weighted by atomic mass is 16.3. The SMILES string of the molecule is [O-]c1ccccc1/C=N\Nc1nn[nH]n1. The molecule has 2 rings (SSSR count). The van der Waals surface area contributed by atoms with Crippen molar-refractivity contribution in [2.24, 2.45) is 5.10 Å². The van der Waals surface area contributed by atoms with Gasteiger partial charge in [0.2, 0.25) is 0 Å². The van der Waals surface area contributed by atoms with Crippen molar-refractivity contribution in [2.45, 2.75) is 0 Å². The first kappa shape index (κ1) is 9.13. The smallest absolute Gasteiger partial charge is 0.283 e. The second-order valence-corrected chi connectivity index (χ2v) is 2.64. The first-order chi connectivity index (χ1) is 7.36. The van der Waals surface area contributed by atoms with Crippen LogP contribution in [0.5, 0.6) is 5.75 Å². The fraction of sp³-hybridized carbons (Fsp3) is 0. The van der Waals surface area contributed by atoms with Gasteiger partial charge in [0, 0.05) is 0 Å². The second kappa shape index (κ2) is 4.18. The molecule has 15 heavy (non-hydrogen) atoms. The van der Waals surface area contributed by atoms with Gasteiger partial charge in [0.15, 0.2) is 0 Å². The Labute approximate surface area is 84.8 Å². The molecule has 0 aliphatic heterocycles. The third kappa shape index (κ3) is 2.27. The molecule has 1 heterocycles. The van der Waals surface area contributed by atoms with Gasteiger partial charge >= 0.3 is 0 Å². The predicted octanol–water partition coefficient (Wildman–Crippen LogP) is -0.281. The van der Waals surface area contributed by atoms with Gasteiger partial charge in [-0.25, -0.2) is 5.43 Å². The number of anilines is 1. The van der Waals surface area contributed by atoms with Crippen molar-refractivity contribution < 1.29 is 5.11 Å². The molecule has 0 atom stereocenters. The standard InChI is InChI=1S/C8H8N6O/c15-7-4-2-1-3-6(7)5-9-10-8-11-13-14-12-8/h1-5,15H,(H2,10,11,12,13,14)/p-1/b9-5-. The quantitative estimate of drug-likeness (QED) is 0.527. The molecule has 0 aliphatic carbocycles. The summed E-state index contributed by atoms with van der Waals surface area (Å²) in [5, 5.41) is 27.9. The molecule has 2 aromatic rings. The maximum absolute atomic E-state index is 11.2. The molecule has 0 bridgehead atoms. The average Bonchev–Trinajstić information content (AvgIpc) is 2.74. The fourth-order valence-corrected chi connectivity index (χ4v) is 0.956. The molecule has 0 aliphatic rings. The number of tetrazole rings is 1. The summed E-state index contributed by atoms with van der Waals surface area (Å²) in [5.74, 6) is 0.158. The van der Waals surface area contributed by atoms with Crippen LogP contribution in [0.15, 0.2) is 29.4 Å². The van der Waals surface area contributed by atoms with E-state index in [0.29, 0.717) is 5.56 Å². The molecule has 2 N–H and O–H groups in total. The molecule has 0 saturated carbocycles. The highest BCUT2D eigenvalue weighted by molar-refractivity contribution is 5.83. The molecule has 0 fully saturated rings. The van der Waals surface area contributed by atoms with Crippen LogP contribution in [0.4, 0.5) is 5.95 Å². The number of H-pyrrole nitrogens is 1. The largest absolute Gasteiger partial charge is 0.872 e. The first-order valence-corrected chi connectivity index (χ1v) is 4.15. The molecular weight excluding hydrogens is 196 g/mol. The lowest BCUT2D eigenvalue weighted by Crippen LogP contribution is -1.97. The van der Waals surface area contributed by atoms with Crippen LogP contribution in [-0.4, -0.2) is 26.8 Å². The lowest BCUT2D eigenvalue weighted by Gasteiger charge is -2.07. The normalized spacial score (nSPS) is 10.7. The minimum absolute atomic E-state index is 0.0869. The Morgan fingerprint density at radius 3 is 3.00 bits per heavy atom. The van der Waals surface area contributed by atoms with E-state index >= 15 is 0 Å². The van der Waals surface area contributed by atoms with Crippen molar-refractivity contribution in [1.29, 1.82) is 0 Å². The van der Waals surface area contributed by atoms with Crippen LogP contribution in [0.1, 0.15) is 5.56 Å². The second-order valence-electron chi connectivity index (χ2n) is 2.64. The summed E-state index contributed by atoms with van der Waals surface area (Å²) < 4.78 is 0. The van der Waals surface area contributed by atoms with Crippen LogP contribution in [0.2, 0.25) is 0 Å². The molecule has 0 radical (unpaired) electrons. The Bertz CT molecular complexity index is 452. The third-order valence-electron chi connectivity index (χ3n) is 1.63. The molecule has 0 unspecified atom stereocenters. The number of rotatable bonds is 3. The van der Waals surface area contributed by atoms with E-state index in [0.717, 1.165) is 0 Å². The maximum atomic E-state index is 11.2. The molecule has 0 amide bonds. The van der Waals surface area contributed by atoms with Gasteiger partial charge in [0.25, 0.3) is 5.95 Å². The van der Waals surface area contributed by atoms with Crippen LogP contribution in [0.25, 0.3) is 0 Å². The Morgan fingerprint density at radius 1 is 1.40 bits per heavy atom. The number of nitrogens with zero attached hydrogens (tertiary/aromatic N) is 4. The van der Waals surface area contributed by atoms with Gasteiger partial charge < -0.3 is 5.11 Å². The zero-order chi connectivity index (χ0) is 10.5. The summed E-state index contributed by atoms with van der Waals surface area (Å²) in [6.45, 7) is 0. The van der Waals surface area contributed by atoms with E-state index in [-0.39, 0.29) is 11.7 Å². The van der Waals surface area contributed by atoms with Crippen molar-refractivity contribution >= 4 is 12.2 Å². The zero-order valence-electron chi connectivity index (χ0n) is 7.58. The first-order valence-electron chi connectivity index (χ1n) is 4.15. The van der Waals surface area contributed by atoms with Crippen LogP contribution >= 0.6 is 0 Å². The van der Waals surface area contributed by atoms with Gasteiger partial charge in [-0.1, -0.05) is 35.1 Å². The fourth-order valence-electron chi connectivity index (χ4n) is 0.956. The topological polar surface area (TPSA) is 102 Å². The molecular formula is C8H7N6O-. The van der Waals surface area contributed by atoms with E-state index in [1.165, 1.54) is 12.3 Å². The van der Waals surface area contributed by atoms with E-state index in [1.54, 1.807) is 18.2 Å². The van der Waals surface area contributed by atoms with E-state index in [4.69, 9.17) is 0 Å². The molecule has 0 saturated heterocycles. The number of hydrazone groups is 1. The average molecular weight is 203 g/mol. The Balaban J connectivity index is 2.03. The highest BCUT2D eigenvalue weighted by Crippen LogP contribution is 2.08. The van der Waals surface area contributed by atoms with Crippen LogP contribution in [0.3, 0.4) is 0 Å².